The molecule has 16 heavy (non-hydrogen) atoms. The van der Waals surface area contributed by atoms with Gasteiger partial charge in [-0.05, 0) is 31.0 Å². The molecule has 0 spiro atoms. The molecule has 0 aliphatic carbocycles. The summed E-state index contributed by atoms with van der Waals surface area (Å²) in [5.41, 5.74) is 2.69. The molecular weight excluding hydrogens is 272 g/mol. The maximum atomic E-state index is 11.8. The van der Waals surface area contributed by atoms with Gasteiger partial charge in [-0.15, -0.1) is 0 Å². The standard InChI is InChI=1S/C12H13BrO3/c1-7-3-4-9(5-8(7)2)12(16)10(13)6-11(14)15/h3-5,10H,6H2,1-2H3,(H,14,15)/t10-/m1/s1. The Balaban J connectivity index is 2.88. The van der Waals surface area contributed by atoms with Crippen LogP contribution in [0.25, 0.3) is 0 Å². The van der Waals surface area contributed by atoms with E-state index in [1.54, 1.807) is 12.1 Å². The van der Waals surface area contributed by atoms with Gasteiger partial charge < -0.3 is 5.11 Å². The third kappa shape index (κ3) is 3.17. The van der Waals surface area contributed by atoms with Crippen LogP contribution in [0.15, 0.2) is 18.2 Å². The van der Waals surface area contributed by atoms with Crippen molar-refractivity contribution in [3.8, 4) is 0 Å². The van der Waals surface area contributed by atoms with E-state index in [-0.39, 0.29) is 12.2 Å². The van der Waals surface area contributed by atoms with E-state index in [1.165, 1.54) is 0 Å². The second-order valence-electron chi connectivity index (χ2n) is 3.73. The lowest BCUT2D eigenvalue weighted by Gasteiger charge is -2.08. The van der Waals surface area contributed by atoms with Crippen molar-refractivity contribution in [3.63, 3.8) is 0 Å². The summed E-state index contributed by atoms with van der Waals surface area (Å²) in [7, 11) is 0. The van der Waals surface area contributed by atoms with Gasteiger partial charge in [0.15, 0.2) is 5.78 Å². The first-order chi connectivity index (χ1) is 7.41. The van der Waals surface area contributed by atoms with E-state index in [1.807, 2.05) is 19.9 Å². The van der Waals surface area contributed by atoms with Crippen molar-refractivity contribution in [1.82, 2.24) is 0 Å². The van der Waals surface area contributed by atoms with Crippen LogP contribution in [0.1, 0.15) is 27.9 Å². The molecule has 1 rings (SSSR count). The number of carbonyl (C=O) groups excluding carboxylic acids is 1. The molecule has 1 N–H and O–H groups in total. The van der Waals surface area contributed by atoms with Crippen LogP contribution in [0.2, 0.25) is 0 Å². The Bertz CT molecular complexity index is 426. The number of benzene rings is 1. The summed E-state index contributed by atoms with van der Waals surface area (Å²) < 4.78 is 0. The maximum Gasteiger partial charge on any atom is 0.304 e. The van der Waals surface area contributed by atoms with Crippen LogP contribution in [0, 0.1) is 13.8 Å². The second kappa shape index (κ2) is 5.25. The zero-order chi connectivity index (χ0) is 12.3. The highest BCUT2D eigenvalue weighted by Crippen LogP contribution is 2.16. The molecule has 0 aromatic heterocycles. The number of hydrogen-bond donors (Lipinski definition) is 1. The number of carbonyl (C=O) groups is 2. The van der Waals surface area contributed by atoms with Gasteiger partial charge in [-0.3, -0.25) is 9.59 Å². The summed E-state index contributed by atoms with van der Waals surface area (Å²) >= 11 is 3.09. The first-order valence-corrected chi connectivity index (χ1v) is 5.80. The van der Waals surface area contributed by atoms with Crippen LogP contribution in [0.4, 0.5) is 0 Å². The molecule has 1 aromatic carbocycles. The number of carboxylic acids is 1. The highest BCUT2D eigenvalue weighted by Gasteiger charge is 2.20. The second-order valence-corrected chi connectivity index (χ2v) is 4.83. The topological polar surface area (TPSA) is 54.4 Å². The number of aryl methyl sites for hydroxylation is 2. The van der Waals surface area contributed by atoms with Gasteiger partial charge in [0, 0.05) is 5.56 Å². The Labute approximate surface area is 103 Å². The van der Waals surface area contributed by atoms with Gasteiger partial charge in [-0.2, -0.15) is 0 Å². The molecule has 0 fully saturated rings. The smallest absolute Gasteiger partial charge is 0.304 e. The molecule has 0 bridgehead atoms. The van der Waals surface area contributed by atoms with Gasteiger partial charge in [-0.25, -0.2) is 0 Å². The van der Waals surface area contributed by atoms with Crippen LogP contribution in [0.5, 0.6) is 0 Å². The molecule has 0 saturated heterocycles. The number of halogens is 1. The molecule has 0 radical (unpaired) electrons. The van der Waals surface area contributed by atoms with Gasteiger partial charge in [0.1, 0.15) is 0 Å². The summed E-state index contributed by atoms with van der Waals surface area (Å²) in [5.74, 6) is -1.18. The molecule has 0 heterocycles. The highest BCUT2D eigenvalue weighted by molar-refractivity contribution is 9.10. The minimum absolute atomic E-state index is 0.189. The maximum absolute atomic E-state index is 11.8. The Kier molecular flexibility index (Phi) is 4.24. The number of aliphatic carboxylic acids is 1. The van der Waals surface area contributed by atoms with Crippen LogP contribution >= 0.6 is 15.9 Å². The Hall–Kier alpha value is -1.16. The summed E-state index contributed by atoms with van der Waals surface area (Å²) in [6.45, 7) is 3.89. The predicted molar refractivity (Wildman–Crippen MR) is 65.2 cm³/mol. The Morgan fingerprint density at radius 1 is 1.31 bits per heavy atom. The lowest BCUT2D eigenvalue weighted by molar-refractivity contribution is -0.136. The molecular formula is C12H13BrO3. The van der Waals surface area contributed by atoms with Gasteiger partial charge in [0.25, 0.3) is 0 Å². The van der Waals surface area contributed by atoms with E-state index < -0.39 is 10.8 Å². The number of carboxylic acid groups (broad SMARTS) is 1. The van der Waals surface area contributed by atoms with Crippen molar-refractivity contribution in [2.45, 2.75) is 25.1 Å². The third-order valence-electron chi connectivity index (χ3n) is 2.43. The molecule has 1 atom stereocenters. The van der Waals surface area contributed by atoms with E-state index in [9.17, 15) is 9.59 Å². The first-order valence-electron chi connectivity index (χ1n) is 4.89. The molecule has 3 nitrogen and oxygen atoms in total. The zero-order valence-electron chi connectivity index (χ0n) is 9.16. The monoisotopic (exact) mass is 284 g/mol. The van der Waals surface area contributed by atoms with Gasteiger partial charge in [-0.1, -0.05) is 28.1 Å². The Morgan fingerprint density at radius 3 is 2.44 bits per heavy atom. The van der Waals surface area contributed by atoms with Gasteiger partial charge >= 0.3 is 5.97 Å². The third-order valence-corrected chi connectivity index (χ3v) is 3.17. The van der Waals surface area contributed by atoms with Crippen molar-refractivity contribution in [2.75, 3.05) is 0 Å². The van der Waals surface area contributed by atoms with E-state index in [0.29, 0.717) is 5.56 Å². The lowest BCUT2D eigenvalue weighted by Crippen LogP contribution is -2.18. The summed E-state index contributed by atoms with van der Waals surface area (Å²) in [6, 6.07) is 5.37. The molecule has 4 heteroatoms. The van der Waals surface area contributed by atoms with Crippen molar-refractivity contribution in [3.05, 3.63) is 34.9 Å². The van der Waals surface area contributed by atoms with Crippen molar-refractivity contribution < 1.29 is 14.7 Å². The molecule has 0 aliphatic rings. The fraction of sp³-hybridized carbons (Fsp3) is 0.333. The molecule has 0 amide bonds. The normalized spacial score (nSPS) is 12.2. The minimum Gasteiger partial charge on any atom is -0.481 e. The average Bonchev–Trinajstić information content (AvgIpc) is 2.20. The lowest BCUT2D eigenvalue weighted by atomic mass is 10.0. The molecule has 0 saturated carbocycles. The van der Waals surface area contributed by atoms with Crippen molar-refractivity contribution in [2.24, 2.45) is 0 Å². The van der Waals surface area contributed by atoms with E-state index in [2.05, 4.69) is 15.9 Å². The van der Waals surface area contributed by atoms with Crippen LogP contribution in [-0.2, 0) is 4.79 Å². The number of rotatable bonds is 4. The van der Waals surface area contributed by atoms with Gasteiger partial charge in [0.2, 0.25) is 0 Å². The molecule has 0 unspecified atom stereocenters. The van der Waals surface area contributed by atoms with Gasteiger partial charge in [0.05, 0.1) is 11.2 Å². The SMILES string of the molecule is Cc1ccc(C(=O)[C@H](Br)CC(=O)O)cc1C. The zero-order valence-corrected chi connectivity index (χ0v) is 10.7. The molecule has 0 aliphatic heterocycles. The first kappa shape index (κ1) is 12.9. The van der Waals surface area contributed by atoms with E-state index in [4.69, 9.17) is 5.11 Å². The number of Topliss-reactive ketones (excluding diaryl/α,β-unsaturated/α-hetero) is 1. The van der Waals surface area contributed by atoms with Crippen LogP contribution in [-0.4, -0.2) is 21.7 Å². The average molecular weight is 285 g/mol. The quantitative estimate of drug-likeness (QED) is 0.683. The number of ketones is 1. The number of alkyl halides is 1. The molecule has 1 aromatic rings. The highest BCUT2D eigenvalue weighted by atomic mass is 79.9. The van der Waals surface area contributed by atoms with E-state index >= 15 is 0 Å². The Morgan fingerprint density at radius 2 is 1.94 bits per heavy atom. The summed E-state index contributed by atoms with van der Waals surface area (Å²) in [6.07, 6.45) is -0.203. The van der Waals surface area contributed by atoms with E-state index in [0.717, 1.165) is 11.1 Å². The van der Waals surface area contributed by atoms with Crippen LogP contribution in [0.3, 0.4) is 0 Å². The fourth-order valence-corrected chi connectivity index (χ4v) is 1.86. The molecule has 86 valence electrons. The van der Waals surface area contributed by atoms with Crippen molar-refractivity contribution >= 4 is 27.7 Å². The fourth-order valence-electron chi connectivity index (χ4n) is 1.32. The van der Waals surface area contributed by atoms with Crippen LogP contribution < -0.4 is 0 Å². The largest absolute Gasteiger partial charge is 0.481 e. The number of hydrogen-bond acceptors (Lipinski definition) is 2. The summed E-state index contributed by atoms with van der Waals surface area (Å²) in [5, 5.41) is 8.60. The van der Waals surface area contributed by atoms with Crippen molar-refractivity contribution in [1.29, 1.82) is 0 Å². The predicted octanol–water partition coefficient (Wildman–Crippen LogP) is 2.72. The summed E-state index contributed by atoms with van der Waals surface area (Å²) in [4.78, 5) is 21.7. The minimum atomic E-state index is -0.987.